The van der Waals surface area contributed by atoms with E-state index in [1.165, 1.54) is 22.1 Å². The van der Waals surface area contributed by atoms with E-state index in [1.807, 2.05) is 36.4 Å². The molecule has 53 heavy (non-hydrogen) atoms. The van der Waals surface area contributed by atoms with E-state index in [-0.39, 0.29) is 11.2 Å². The summed E-state index contributed by atoms with van der Waals surface area (Å²) in [6, 6.07) is 50.3. The Labute approximate surface area is 311 Å². The predicted molar refractivity (Wildman–Crippen MR) is 221 cm³/mol. The van der Waals surface area contributed by atoms with Crippen LogP contribution in [0.1, 0.15) is 57.2 Å². The summed E-state index contributed by atoms with van der Waals surface area (Å²) in [5, 5.41) is 13.0. The molecular formula is C49H42N2O2. The van der Waals surface area contributed by atoms with E-state index in [1.54, 1.807) is 12.3 Å². The van der Waals surface area contributed by atoms with E-state index in [4.69, 9.17) is 14.4 Å². The SMILES string of the molecule is CC(C)c1cccc(-c2ccc(-c3cc(-c4cccc5ccccc45)c4nc(-c5ccccc5N=Cc5cc(C(C)(C)C)ccc5O)oc4c3)cc2)c1. The molecule has 0 unspecified atom stereocenters. The van der Waals surface area contributed by atoms with Crippen LogP contribution < -0.4 is 0 Å². The maximum Gasteiger partial charge on any atom is 0.229 e. The zero-order valence-corrected chi connectivity index (χ0v) is 30.8. The second-order valence-electron chi connectivity index (χ2n) is 15.1. The van der Waals surface area contributed by atoms with Gasteiger partial charge in [0.1, 0.15) is 11.3 Å². The van der Waals surface area contributed by atoms with Crippen molar-refractivity contribution in [2.24, 2.45) is 4.99 Å². The average Bonchev–Trinajstić information content (AvgIpc) is 3.61. The molecule has 260 valence electrons. The highest BCUT2D eigenvalue weighted by molar-refractivity contribution is 6.05. The Hall–Kier alpha value is -6.26. The Kier molecular flexibility index (Phi) is 8.75. The van der Waals surface area contributed by atoms with Crippen LogP contribution in [0, 0.1) is 0 Å². The number of para-hydroxylation sites is 1. The molecule has 1 heterocycles. The van der Waals surface area contributed by atoms with Gasteiger partial charge in [-0.3, -0.25) is 4.99 Å². The van der Waals surface area contributed by atoms with Gasteiger partial charge in [0.05, 0.1) is 11.3 Å². The summed E-state index contributed by atoms with van der Waals surface area (Å²) in [4.78, 5) is 10.0. The Morgan fingerprint density at radius 1 is 0.642 bits per heavy atom. The second kappa shape index (κ2) is 13.7. The second-order valence-corrected chi connectivity index (χ2v) is 15.1. The molecule has 0 amide bonds. The number of aliphatic imine (C=N–C) groups is 1. The first kappa shape index (κ1) is 33.9. The topological polar surface area (TPSA) is 58.6 Å². The van der Waals surface area contributed by atoms with Crippen LogP contribution >= 0.6 is 0 Å². The summed E-state index contributed by atoms with van der Waals surface area (Å²) < 4.78 is 6.66. The third kappa shape index (κ3) is 6.76. The summed E-state index contributed by atoms with van der Waals surface area (Å²) in [6.07, 6.45) is 1.72. The maximum atomic E-state index is 10.7. The van der Waals surface area contributed by atoms with Crippen molar-refractivity contribution in [3.8, 4) is 50.6 Å². The maximum absolute atomic E-state index is 10.7. The first-order chi connectivity index (χ1) is 25.6. The molecule has 7 aromatic carbocycles. The minimum absolute atomic E-state index is 0.0610. The minimum Gasteiger partial charge on any atom is -0.507 e. The largest absolute Gasteiger partial charge is 0.507 e. The lowest BCUT2D eigenvalue weighted by Gasteiger charge is -2.19. The van der Waals surface area contributed by atoms with Gasteiger partial charge in [0.25, 0.3) is 0 Å². The molecule has 4 heteroatoms. The smallest absolute Gasteiger partial charge is 0.229 e. The fourth-order valence-electron chi connectivity index (χ4n) is 6.94. The Bertz CT molecular complexity index is 2630. The number of benzene rings is 7. The molecule has 0 bridgehead atoms. The number of oxazole rings is 1. The highest BCUT2D eigenvalue weighted by atomic mass is 16.3. The van der Waals surface area contributed by atoms with Crippen molar-refractivity contribution in [3.05, 3.63) is 162 Å². The summed E-state index contributed by atoms with van der Waals surface area (Å²) in [6.45, 7) is 10.9. The molecule has 0 saturated heterocycles. The predicted octanol–water partition coefficient (Wildman–Crippen LogP) is 13.5. The molecule has 0 atom stereocenters. The van der Waals surface area contributed by atoms with Crippen molar-refractivity contribution in [1.29, 1.82) is 0 Å². The lowest BCUT2D eigenvalue weighted by molar-refractivity contribution is 0.473. The van der Waals surface area contributed by atoms with Crippen molar-refractivity contribution < 1.29 is 9.52 Å². The van der Waals surface area contributed by atoms with E-state index >= 15 is 0 Å². The van der Waals surface area contributed by atoms with E-state index in [2.05, 4.69) is 138 Å². The standard InChI is InChI=1S/C49H42N2O2/c1-31(2)35-14-10-15-36(26-35)32-20-22-33(23-21-32)37-28-43(41-18-11-13-34-12-6-7-16-40(34)41)47-46(29-37)53-48(51-47)42-17-8-9-19-44(42)50-30-38-27-39(49(3,4)5)24-25-45(38)52/h6-31,52H,1-5H3. The van der Waals surface area contributed by atoms with Crippen molar-refractivity contribution in [1.82, 2.24) is 4.98 Å². The highest BCUT2D eigenvalue weighted by Gasteiger charge is 2.19. The van der Waals surface area contributed by atoms with Crippen molar-refractivity contribution in [2.45, 2.75) is 46.0 Å². The Morgan fingerprint density at radius 2 is 1.34 bits per heavy atom. The van der Waals surface area contributed by atoms with Gasteiger partial charge in [-0.2, -0.15) is 0 Å². The number of fused-ring (bicyclic) bond motifs is 2. The highest BCUT2D eigenvalue weighted by Crippen LogP contribution is 2.41. The molecule has 1 aromatic heterocycles. The zero-order valence-electron chi connectivity index (χ0n) is 30.8. The number of phenols is 1. The van der Waals surface area contributed by atoms with E-state index in [0.29, 0.717) is 28.6 Å². The van der Waals surface area contributed by atoms with Crippen LogP contribution in [0.5, 0.6) is 5.75 Å². The van der Waals surface area contributed by atoms with Crippen LogP contribution in [0.2, 0.25) is 0 Å². The lowest BCUT2D eigenvalue weighted by atomic mass is 9.86. The molecule has 8 rings (SSSR count). The third-order valence-electron chi connectivity index (χ3n) is 10.1. The molecule has 0 aliphatic heterocycles. The summed E-state index contributed by atoms with van der Waals surface area (Å²) >= 11 is 0. The molecule has 0 aliphatic rings. The van der Waals surface area contributed by atoms with Crippen molar-refractivity contribution in [3.63, 3.8) is 0 Å². The number of hydrogen-bond acceptors (Lipinski definition) is 4. The van der Waals surface area contributed by atoms with Crippen LogP contribution in [-0.2, 0) is 5.41 Å². The summed E-state index contributed by atoms with van der Waals surface area (Å²) in [5.74, 6) is 1.14. The molecule has 0 fully saturated rings. The molecular weight excluding hydrogens is 649 g/mol. The van der Waals surface area contributed by atoms with Crippen LogP contribution in [0.25, 0.3) is 66.7 Å². The molecule has 4 nitrogen and oxygen atoms in total. The van der Waals surface area contributed by atoms with Gasteiger partial charge in [-0.25, -0.2) is 4.98 Å². The molecule has 8 aromatic rings. The molecule has 0 spiro atoms. The number of aromatic hydroxyl groups is 1. The Balaban J connectivity index is 1.25. The zero-order chi connectivity index (χ0) is 36.7. The number of nitrogens with zero attached hydrogens (tertiary/aromatic N) is 2. The summed E-state index contributed by atoms with van der Waals surface area (Å²) in [5.41, 5.74) is 12.6. The van der Waals surface area contributed by atoms with Gasteiger partial charge in [-0.15, -0.1) is 0 Å². The quantitative estimate of drug-likeness (QED) is 0.169. The number of phenolic OH excluding ortho intramolecular Hbond substituents is 1. The van der Waals surface area contributed by atoms with Gasteiger partial charge in [0.2, 0.25) is 5.89 Å². The lowest BCUT2D eigenvalue weighted by Crippen LogP contribution is -2.11. The fourth-order valence-corrected chi connectivity index (χ4v) is 6.94. The normalized spacial score (nSPS) is 12.0. The molecule has 0 radical (unpaired) electrons. The van der Waals surface area contributed by atoms with E-state index in [9.17, 15) is 5.11 Å². The third-order valence-corrected chi connectivity index (χ3v) is 10.1. The number of aromatic nitrogens is 1. The van der Waals surface area contributed by atoms with Crippen LogP contribution in [0.4, 0.5) is 5.69 Å². The summed E-state index contributed by atoms with van der Waals surface area (Å²) in [7, 11) is 0. The molecule has 1 N–H and O–H groups in total. The van der Waals surface area contributed by atoms with E-state index in [0.717, 1.165) is 44.3 Å². The minimum atomic E-state index is -0.0610. The van der Waals surface area contributed by atoms with Crippen molar-refractivity contribution >= 4 is 33.8 Å². The number of rotatable bonds is 7. The Morgan fingerprint density at radius 3 is 2.13 bits per heavy atom. The first-order valence-electron chi connectivity index (χ1n) is 18.2. The first-order valence-corrected chi connectivity index (χ1v) is 18.2. The van der Waals surface area contributed by atoms with Gasteiger partial charge in [0, 0.05) is 17.3 Å². The monoisotopic (exact) mass is 690 g/mol. The van der Waals surface area contributed by atoms with Gasteiger partial charge < -0.3 is 9.52 Å². The van der Waals surface area contributed by atoms with Crippen LogP contribution in [-0.4, -0.2) is 16.3 Å². The average molecular weight is 691 g/mol. The molecule has 0 saturated carbocycles. The van der Waals surface area contributed by atoms with Gasteiger partial charge in [0.15, 0.2) is 5.58 Å². The number of hydrogen-bond donors (Lipinski definition) is 1. The van der Waals surface area contributed by atoms with Gasteiger partial charge >= 0.3 is 0 Å². The van der Waals surface area contributed by atoms with Gasteiger partial charge in [-0.1, -0.05) is 144 Å². The van der Waals surface area contributed by atoms with E-state index < -0.39 is 0 Å². The van der Waals surface area contributed by atoms with Crippen LogP contribution in [0.15, 0.2) is 155 Å². The van der Waals surface area contributed by atoms with Crippen LogP contribution in [0.3, 0.4) is 0 Å². The molecule has 0 aliphatic carbocycles. The fraction of sp³-hybridized carbons (Fsp3) is 0.143. The van der Waals surface area contributed by atoms with Crippen molar-refractivity contribution in [2.75, 3.05) is 0 Å². The van der Waals surface area contributed by atoms with Gasteiger partial charge in [-0.05, 0) is 97.4 Å².